The molecule has 2 aromatic carbocycles. The van der Waals surface area contributed by atoms with Gasteiger partial charge in [0.05, 0.1) is 12.1 Å². The summed E-state index contributed by atoms with van der Waals surface area (Å²) in [5.74, 6) is 0.713. The molecule has 2 aromatic rings. The topological polar surface area (TPSA) is 58.6 Å². The highest BCUT2D eigenvalue weighted by Gasteiger charge is 2.22. The quantitative estimate of drug-likeness (QED) is 0.768. The molecule has 0 aliphatic heterocycles. The van der Waals surface area contributed by atoms with Gasteiger partial charge in [-0.2, -0.15) is 0 Å². The van der Waals surface area contributed by atoms with Crippen molar-refractivity contribution < 1.29 is 13.2 Å². The third-order valence-electron chi connectivity index (χ3n) is 3.75. The predicted octanol–water partition coefficient (Wildman–Crippen LogP) is 3.58. The molecule has 0 aromatic heterocycles. The number of ether oxygens (including phenoxy) is 1. The van der Waals surface area contributed by atoms with Gasteiger partial charge in [-0.15, -0.1) is 0 Å². The van der Waals surface area contributed by atoms with Crippen molar-refractivity contribution in [1.29, 1.82) is 0 Å². The van der Waals surface area contributed by atoms with E-state index in [2.05, 4.69) is 4.72 Å². The third kappa shape index (κ3) is 5.09. The van der Waals surface area contributed by atoms with Crippen molar-refractivity contribution in [3.05, 3.63) is 58.1 Å². The Morgan fingerprint density at radius 3 is 2.52 bits per heavy atom. The number of benzene rings is 2. The lowest BCUT2D eigenvalue weighted by Crippen LogP contribution is -2.34. The van der Waals surface area contributed by atoms with Crippen LogP contribution >= 0.6 is 23.2 Å². The van der Waals surface area contributed by atoms with Crippen LogP contribution in [0.2, 0.25) is 10.0 Å². The normalized spacial score (nSPS) is 13.0. The number of likely N-dealkylation sites (N-methyl/N-ethyl adjacent to an activating group) is 1. The Kier molecular flexibility index (Phi) is 6.71. The van der Waals surface area contributed by atoms with Gasteiger partial charge in [-0.05, 0) is 50.0 Å². The van der Waals surface area contributed by atoms with Crippen LogP contribution in [0.25, 0.3) is 0 Å². The first-order chi connectivity index (χ1) is 11.7. The van der Waals surface area contributed by atoms with E-state index in [1.165, 1.54) is 12.1 Å². The van der Waals surface area contributed by atoms with Crippen LogP contribution in [0.15, 0.2) is 47.4 Å². The minimum Gasteiger partial charge on any atom is -0.497 e. The lowest BCUT2D eigenvalue weighted by molar-refractivity contribution is 0.298. The molecule has 5 nitrogen and oxygen atoms in total. The number of sulfonamides is 1. The summed E-state index contributed by atoms with van der Waals surface area (Å²) in [5.41, 5.74) is 0.934. The molecule has 0 saturated carbocycles. The molecule has 0 heterocycles. The summed E-state index contributed by atoms with van der Waals surface area (Å²) in [5, 5.41) is 0.432. The number of methoxy groups -OCH3 is 1. The second kappa shape index (κ2) is 8.38. The van der Waals surface area contributed by atoms with Crippen molar-refractivity contribution in [1.82, 2.24) is 9.62 Å². The fourth-order valence-electron chi connectivity index (χ4n) is 2.40. The van der Waals surface area contributed by atoms with E-state index in [0.29, 0.717) is 10.8 Å². The van der Waals surface area contributed by atoms with Gasteiger partial charge in [0.15, 0.2) is 0 Å². The molecule has 0 amide bonds. The van der Waals surface area contributed by atoms with Gasteiger partial charge in [-0.3, -0.25) is 0 Å². The lowest BCUT2D eigenvalue weighted by Gasteiger charge is -2.25. The van der Waals surface area contributed by atoms with E-state index in [0.717, 1.165) is 5.56 Å². The van der Waals surface area contributed by atoms with E-state index >= 15 is 0 Å². The van der Waals surface area contributed by atoms with Crippen molar-refractivity contribution in [3.8, 4) is 5.75 Å². The summed E-state index contributed by atoms with van der Waals surface area (Å²) in [6, 6.07) is 11.7. The zero-order chi connectivity index (χ0) is 18.6. The average Bonchev–Trinajstić information content (AvgIpc) is 2.57. The van der Waals surface area contributed by atoms with Crippen LogP contribution in [0.1, 0.15) is 11.6 Å². The van der Waals surface area contributed by atoms with Gasteiger partial charge >= 0.3 is 0 Å². The average molecular weight is 403 g/mol. The molecule has 25 heavy (non-hydrogen) atoms. The summed E-state index contributed by atoms with van der Waals surface area (Å²) >= 11 is 11.9. The Hall–Kier alpha value is -1.31. The van der Waals surface area contributed by atoms with Crippen molar-refractivity contribution in [2.75, 3.05) is 27.7 Å². The first kappa shape index (κ1) is 20.0. The lowest BCUT2D eigenvalue weighted by atomic mass is 10.1. The van der Waals surface area contributed by atoms with Crippen LogP contribution in [0.3, 0.4) is 0 Å². The maximum absolute atomic E-state index is 12.6. The molecule has 0 bridgehead atoms. The first-order valence-electron chi connectivity index (χ1n) is 7.49. The van der Waals surface area contributed by atoms with E-state index in [-0.39, 0.29) is 22.5 Å². The van der Waals surface area contributed by atoms with Crippen LogP contribution in [0, 0.1) is 0 Å². The van der Waals surface area contributed by atoms with Crippen LogP contribution in [0.4, 0.5) is 0 Å². The Labute approximate surface area is 158 Å². The number of rotatable bonds is 7. The summed E-state index contributed by atoms with van der Waals surface area (Å²) in [6.07, 6.45) is 0. The monoisotopic (exact) mass is 402 g/mol. The molecule has 1 unspecified atom stereocenters. The Morgan fingerprint density at radius 2 is 1.88 bits per heavy atom. The number of halogens is 2. The van der Waals surface area contributed by atoms with Crippen LogP contribution in [-0.4, -0.2) is 41.1 Å². The fourth-order valence-corrected chi connectivity index (χ4v) is 4.20. The zero-order valence-corrected chi connectivity index (χ0v) is 16.5. The molecule has 1 N–H and O–H groups in total. The van der Waals surface area contributed by atoms with Gasteiger partial charge in [0, 0.05) is 17.6 Å². The first-order valence-corrected chi connectivity index (χ1v) is 9.73. The molecule has 0 fully saturated rings. The molecule has 0 saturated heterocycles. The molecular formula is C17H20Cl2N2O3S. The fraction of sp³-hybridized carbons (Fsp3) is 0.294. The third-order valence-corrected chi connectivity index (χ3v) is 5.89. The summed E-state index contributed by atoms with van der Waals surface area (Å²) in [4.78, 5) is 1.89. The highest BCUT2D eigenvalue weighted by molar-refractivity contribution is 7.89. The van der Waals surface area contributed by atoms with Gasteiger partial charge in [0.1, 0.15) is 10.6 Å². The van der Waals surface area contributed by atoms with Crippen LogP contribution < -0.4 is 9.46 Å². The highest BCUT2D eigenvalue weighted by atomic mass is 35.5. The second-order valence-electron chi connectivity index (χ2n) is 5.68. The van der Waals surface area contributed by atoms with Crippen LogP contribution in [0.5, 0.6) is 5.75 Å². The largest absolute Gasteiger partial charge is 0.497 e. The van der Waals surface area contributed by atoms with Crippen molar-refractivity contribution in [3.63, 3.8) is 0 Å². The molecule has 1 atom stereocenters. The van der Waals surface area contributed by atoms with Crippen LogP contribution in [-0.2, 0) is 10.0 Å². The van der Waals surface area contributed by atoms with Crippen molar-refractivity contribution in [2.24, 2.45) is 0 Å². The van der Waals surface area contributed by atoms with Gasteiger partial charge in [0.2, 0.25) is 10.0 Å². The molecule has 0 aliphatic carbocycles. The summed E-state index contributed by atoms with van der Waals surface area (Å²) < 4.78 is 33.0. The smallest absolute Gasteiger partial charge is 0.242 e. The Morgan fingerprint density at radius 1 is 1.16 bits per heavy atom. The van der Waals surface area contributed by atoms with Crippen molar-refractivity contribution in [2.45, 2.75) is 10.9 Å². The minimum atomic E-state index is -3.79. The molecule has 2 rings (SSSR count). The zero-order valence-electron chi connectivity index (χ0n) is 14.2. The molecular weight excluding hydrogens is 383 g/mol. The van der Waals surface area contributed by atoms with E-state index in [9.17, 15) is 8.42 Å². The summed E-state index contributed by atoms with van der Waals surface area (Å²) in [7, 11) is 1.56. The van der Waals surface area contributed by atoms with Gasteiger partial charge in [0.25, 0.3) is 0 Å². The van der Waals surface area contributed by atoms with E-state index in [1.54, 1.807) is 13.2 Å². The minimum absolute atomic E-state index is 0.0372. The van der Waals surface area contributed by atoms with Crippen molar-refractivity contribution >= 4 is 33.2 Å². The maximum Gasteiger partial charge on any atom is 0.242 e. The number of hydrogen-bond donors (Lipinski definition) is 1. The molecule has 136 valence electrons. The molecule has 0 aliphatic rings. The predicted molar refractivity (Wildman–Crippen MR) is 101 cm³/mol. The number of hydrogen-bond acceptors (Lipinski definition) is 4. The van der Waals surface area contributed by atoms with Gasteiger partial charge in [-0.25, -0.2) is 13.1 Å². The molecule has 0 spiro atoms. The maximum atomic E-state index is 12.6. The number of nitrogens with zero attached hydrogens (tertiary/aromatic N) is 1. The Bertz CT molecular complexity index is 842. The van der Waals surface area contributed by atoms with Gasteiger partial charge < -0.3 is 9.64 Å². The van der Waals surface area contributed by atoms with E-state index < -0.39 is 10.0 Å². The molecule has 8 heteroatoms. The van der Waals surface area contributed by atoms with E-state index in [1.807, 2.05) is 43.3 Å². The van der Waals surface area contributed by atoms with E-state index in [4.69, 9.17) is 27.9 Å². The molecule has 0 radical (unpaired) electrons. The van der Waals surface area contributed by atoms with Gasteiger partial charge in [-0.1, -0.05) is 35.3 Å². The number of nitrogens with one attached hydrogen (secondary N) is 1. The standard InChI is InChI=1S/C17H20Cl2N2O3S/c1-21(2)16(12-5-4-6-14(9-12)24-3)11-20-25(22,23)17-10-13(18)7-8-15(17)19/h4-10,16,20H,11H2,1-3H3. The summed E-state index contributed by atoms with van der Waals surface area (Å²) in [6.45, 7) is 0.172. The Balaban J connectivity index is 2.24. The SMILES string of the molecule is COc1cccc(C(CNS(=O)(=O)c2cc(Cl)ccc2Cl)N(C)C)c1. The highest BCUT2D eigenvalue weighted by Crippen LogP contribution is 2.26. The second-order valence-corrected chi connectivity index (χ2v) is 8.26.